The second kappa shape index (κ2) is 8.68. The number of amides is 3. The van der Waals surface area contributed by atoms with Crippen LogP contribution < -0.4 is 15.5 Å². The fraction of sp³-hybridized carbons (Fsp3) is 0.556. The predicted molar refractivity (Wildman–Crippen MR) is 94.2 cm³/mol. The van der Waals surface area contributed by atoms with Crippen molar-refractivity contribution < 1.29 is 14.3 Å². The van der Waals surface area contributed by atoms with Crippen molar-refractivity contribution in [2.75, 3.05) is 24.6 Å². The van der Waals surface area contributed by atoms with Gasteiger partial charge < -0.3 is 20.3 Å². The molecule has 1 aromatic carbocycles. The van der Waals surface area contributed by atoms with E-state index in [0.717, 1.165) is 17.7 Å². The van der Waals surface area contributed by atoms with E-state index < -0.39 is 0 Å². The number of nitrogens with zero attached hydrogens (tertiary/aromatic N) is 1. The second-order valence-corrected chi connectivity index (χ2v) is 6.41. The van der Waals surface area contributed by atoms with Gasteiger partial charge in [0.05, 0.1) is 12.1 Å². The molecule has 1 fully saturated rings. The van der Waals surface area contributed by atoms with Crippen molar-refractivity contribution in [2.45, 2.75) is 45.8 Å². The number of carbonyl (C=O) groups excluding carboxylic acids is 2. The number of nitrogens with one attached hydrogen (secondary N) is 2. The van der Waals surface area contributed by atoms with E-state index in [0.29, 0.717) is 26.1 Å². The first-order chi connectivity index (χ1) is 11.5. The van der Waals surface area contributed by atoms with E-state index in [1.165, 1.54) is 0 Å². The lowest BCUT2D eigenvalue weighted by Gasteiger charge is -2.17. The summed E-state index contributed by atoms with van der Waals surface area (Å²) in [5, 5.41) is 5.67. The Morgan fingerprint density at radius 2 is 2.04 bits per heavy atom. The Bertz CT molecular complexity index is 557. The SMILES string of the molecule is Cc1ccc(N2C[C@H](NC(=O)NCCCOC(C)C)CC2=O)cc1. The van der Waals surface area contributed by atoms with Crippen LogP contribution in [0, 0.1) is 6.92 Å². The molecule has 1 saturated heterocycles. The van der Waals surface area contributed by atoms with Crippen LogP contribution in [0.3, 0.4) is 0 Å². The van der Waals surface area contributed by atoms with Crippen molar-refractivity contribution >= 4 is 17.6 Å². The van der Waals surface area contributed by atoms with Crippen LogP contribution in [0.15, 0.2) is 24.3 Å². The van der Waals surface area contributed by atoms with E-state index in [1.54, 1.807) is 4.90 Å². The van der Waals surface area contributed by atoms with Gasteiger partial charge in [0.2, 0.25) is 5.91 Å². The van der Waals surface area contributed by atoms with Crippen molar-refractivity contribution in [3.8, 4) is 0 Å². The largest absolute Gasteiger partial charge is 0.379 e. The van der Waals surface area contributed by atoms with Gasteiger partial charge in [-0.05, 0) is 39.3 Å². The van der Waals surface area contributed by atoms with Crippen LogP contribution in [-0.4, -0.2) is 43.8 Å². The van der Waals surface area contributed by atoms with Crippen LogP contribution in [0.2, 0.25) is 0 Å². The van der Waals surface area contributed by atoms with Gasteiger partial charge in [-0.1, -0.05) is 17.7 Å². The van der Waals surface area contributed by atoms with E-state index >= 15 is 0 Å². The number of carbonyl (C=O) groups is 2. The molecule has 3 amide bonds. The lowest BCUT2D eigenvalue weighted by molar-refractivity contribution is -0.117. The summed E-state index contributed by atoms with van der Waals surface area (Å²) in [7, 11) is 0. The monoisotopic (exact) mass is 333 g/mol. The van der Waals surface area contributed by atoms with E-state index in [4.69, 9.17) is 4.74 Å². The summed E-state index contributed by atoms with van der Waals surface area (Å²) in [6.07, 6.45) is 1.30. The number of ether oxygens (including phenoxy) is 1. The van der Waals surface area contributed by atoms with Gasteiger partial charge in [0.1, 0.15) is 0 Å². The van der Waals surface area contributed by atoms with Gasteiger partial charge >= 0.3 is 6.03 Å². The summed E-state index contributed by atoms with van der Waals surface area (Å²) >= 11 is 0. The first-order valence-corrected chi connectivity index (χ1v) is 8.48. The number of urea groups is 1. The van der Waals surface area contributed by atoms with Crippen molar-refractivity contribution in [1.82, 2.24) is 10.6 Å². The summed E-state index contributed by atoms with van der Waals surface area (Å²) in [6.45, 7) is 7.66. The first-order valence-electron chi connectivity index (χ1n) is 8.48. The first kappa shape index (κ1) is 18.3. The van der Waals surface area contributed by atoms with Gasteiger partial charge in [0.15, 0.2) is 0 Å². The molecule has 0 radical (unpaired) electrons. The molecule has 0 spiro atoms. The summed E-state index contributed by atoms with van der Waals surface area (Å²) in [5.41, 5.74) is 2.03. The Morgan fingerprint density at radius 1 is 1.33 bits per heavy atom. The number of anilines is 1. The molecule has 1 heterocycles. The van der Waals surface area contributed by atoms with Crippen LogP contribution in [-0.2, 0) is 9.53 Å². The van der Waals surface area contributed by atoms with Crippen molar-refractivity contribution in [3.05, 3.63) is 29.8 Å². The molecule has 0 unspecified atom stereocenters. The number of aryl methyl sites for hydroxylation is 1. The van der Waals surface area contributed by atoms with Gasteiger partial charge in [-0.3, -0.25) is 4.79 Å². The Hall–Kier alpha value is -2.08. The minimum atomic E-state index is -0.233. The molecule has 0 bridgehead atoms. The second-order valence-electron chi connectivity index (χ2n) is 6.41. The van der Waals surface area contributed by atoms with Crippen molar-refractivity contribution in [2.24, 2.45) is 0 Å². The highest BCUT2D eigenvalue weighted by atomic mass is 16.5. The van der Waals surface area contributed by atoms with Gasteiger partial charge in [-0.25, -0.2) is 4.79 Å². The third-order valence-electron chi connectivity index (χ3n) is 3.86. The van der Waals surface area contributed by atoms with E-state index in [1.807, 2.05) is 45.0 Å². The number of benzene rings is 1. The molecule has 0 aromatic heterocycles. The highest BCUT2D eigenvalue weighted by molar-refractivity contribution is 5.96. The van der Waals surface area contributed by atoms with Gasteiger partial charge in [0.25, 0.3) is 0 Å². The molecule has 1 atom stereocenters. The van der Waals surface area contributed by atoms with Gasteiger partial charge in [-0.2, -0.15) is 0 Å². The summed E-state index contributed by atoms with van der Waals surface area (Å²) < 4.78 is 5.42. The fourth-order valence-corrected chi connectivity index (χ4v) is 2.61. The molecular weight excluding hydrogens is 306 g/mol. The van der Waals surface area contributed by atoms with Gasteiger partial charge in [0, 0.05) is 31.8 Å². The van der Waals surface area contributed by atoms with E-state index in [9.17, 15) is 9.59 Å². The summed E-state index contributed by atoms with van der Waals surface area (Å²) in [5.74, 6) is 0.0366. The van der Waals surface area contributed by atoms with E-state index in [2.05, 4.69) is 10.6 Å². The van der Waals surface area contributed by atoms with Crippen molar-refractivity contribution in [1.29, 1.82) is 0 Å². The normalized spacial score (nSPS) is 17.4. The standard InChI is InChI=1S/C18H27N3O3/c1-13(2)24-10-4-9-19-18(23)20-15-11-17(22)21(12-15)16-7-5-14(3)6-8-16/h5-8,13,15H,4,9-12H2,1-3H3,(H2,19,20,23)/t15-/m1/s1. The maximum absolute atomic E-state index is 12.2. The predicted octanol–water partition coefficient (Wildman–Crippen LogP) is 2.21. The van der Waals surface area contributed by atoms with Crippen LogP contribution in [0.4, 0.5) is 10.5 Å². The Labute approximate surface area is 143 Å². The quantitative estimate of drug-likeness (QED) is 0.752. The smallest absolute Gasteiger partial charge is 0.315 e. The minimum Gasteiger partial charge on any atom is -0.379 e. The van der Waals surface area contributed by atoms with Crippen LogP contribution in [0.1, 0.15) is 32.3 Å². The van der Waals surface area contributed by atoms with Gasteiger partial charge in [-0.15, -0.1) is 0 Å². The lowest BCUT2D eigenvalue weighted by Crippen LogP contribution is -2.43. The molecule has 1 aliphatic rings. The molecule has 0 saturated carbocycles. The van der Waals surface area contributed by atoms with Crippen LogP contribution in [0.5, 0.6) is 0 Å². The number of hydrogen-bond acceptors (Lipinski definition) is 3. The average Bonchev–Trinajstić information content (AvgIpc) is 2.88. The zero-order valence-corrected chi connectivity index (χ0v) is 14.7. The van der Waals surface area contributed by atoms with E-state index in [-0.39, 0.29) is 24.1 Å². The molecule has 0 aliphatic carbocycles. The third-order valence-corrected chi connectivity index (χ3v) is 3.86. The summed E-state index contributed by atoms with van der Waals surface area (Å²) in [4.78, 5) is 25.8. The molecule has 6 nitrogen and oxygen atoms in total. The lowest BCUT2D eigenvalue weighted by atomic mass is 10.2. The highest BCUT2D eigenvalue weighted by Gasteiger charge is 2.31. The molecule has 1 aromatic rings. The Kier molecular flexibility index (Phi) is 6.61. The summed E-state index contributed by atoms with van der Waals surface area (Å²) in [6, 6.07) is 7.44. The molecule has 1 aliphatic heterocycles. The molecule has 6 heteroatoms. The van der Waals surface area contributed by atoms with Crippen LogP contribution in [0.25, 0.3) is 0 Å². The zero-order valence-electron chi connectivity index (χ0n) is 14.7. The maximum atomic E-state index is 12.2. The maximum Gasteiger partial charge on any atom is 0.315 e. The number of rotatable bonds is 7. The van der Waals surface area contributed by atoms with Crippen LogP contribution >= 0.6 is 0 Å². The Balaban J connectivity index is 1.73. The third kappa shape index (κ3) is 5.53. The topological polar surface area (TPSA) is 70.7 Å². The molecule has 2 N–H and O–H groups in total. The molecule has 24 heavy (non-hydrogen) atoms. The minimum absolute atomic E-state index is 0.0366. The molecule has 132 valence electrons. The Morgan fingerprint density at radius 3 is 2.71 bits per heavy atom. The highest BCUT2D eigenvalue weighted by Crippen LogP contribution is 2.21. The zero-order chi connectivity index (χ0) is 17.5. The average molecular weight is 333 g/mol. The molecule has 2 rings (SSSR count). The number of hydrogen-bond donors (Lipinski definition) is 2. The fourth-order valence-electron chi connectivity index (χ4n) is 2.61. The van der Waals surface area contributed by atoms with Crippen molar-refractivity contribution in [3.63, 3.8) is 0 Å². The molecular formula is C18H27N3O3.